The van der Waals surface area contributed by atoms with Crippen LogP contribution in [0.25, 0.3) is 0 Å². The number of rotatable bonds is 6. The van der Waals surface area contributed by atoms with E-state index >= 15 is 0 Å². The summed E-state index contributed by atoms with van der Waals surface area (Å²) < 4.78 is 0. The predicted octanol–water partition coefficient (Wildman–Crippen LogP) is -6.45. The van der Waals surface area contributed by atoms with Crippen molar-refractivity contribution < 1.29 is 111 Å². The van der Waals surface area contributed by atoms with Gasteiger partial charge in [0.1, 0.15) is 0 Å². The van der Waals surface area contributed by atoms with E-state index in [2.05, 4.69) is 0 Å². The second-order valence-electron chi connectivity index (χ2n) is 5.25. The van der Waals surface area contributed by atoms with Crippen molar-refractivity contribution in [3.8, 4) is 0 Å². The SMILES string of the molecule is O=C([O-])c1ccc(C(=O)[O-])c(C(=O)[O-])c1.O=C([O-])c1ccc(C(=O)[O-])c(C(=O)[O-])c1.[Mn+2].[Mn+2].[Mn+2]. The summed E-state index contributed by atoms with van der Waals surface area (Å²) in [6.45, 7) is 0. The van der Waals surface area contributed by atoms with Gasteiger partial charge in [0.05, 0.1) is 35.8 Å². The molecule has 0 N–H and O–H groups in total. The molecule has 0 bridgehead atoms. The number of hydrogen-bond acceptors (Lipinski definition) is 12. The second kappa shape index (κ2) is 14.8. The Morgan fingerprint density at radius 1 is 0.394 bits per heavy atom. The van der Waals surface area contributed by atoms with E-state index in [1.807, 2.05) is 0 Å². The third-order valence-electron chi connectivity index (χ3n) is 3.39. The van der Waals surface area contributed by atoms with Crippen molar-refractivity contribution in [2.24, 2.45) is 0 Å². The Bertz CT molecular complexity index is 996. The van der Waals surface area contributed by atoms with Crippen molar-refractivity contribution >= 4 is 35.8 Å². The molecule has 0 heterocycles. The zero-order valence-electron chi connectivity index (χ0n) is 15.5. The normalized spacial score (nSPS) is 8.73. The molecule has 0 saturated carbocycles. The van der Waals surface area contributed by atoms with Crippen LogP contribution in [-0.2, 0) is 51.2 Å². The summed E-state index contributed by atoms with van der Waals surface area (Å²) in [5.41, 5.74) is -3.67. The van der Waals surface area contributed by atoms with Gasteiger partial charge in [-0.1, -0.05) is 24.3 Å². The number of carboxylic acids is 6. The minimum atomic E-state index is -1.79. The first-order chi connectivity index (χ1) is 13.9. The van der Waals surface area contributed by atoms with Gasteiger partial charge in [-0.15, -0.1) is 0 Å². The van der Waals surface area contributed by atoms with E-state index in [-0.39, 0.29) is 51.2 Å². The Balaban J connectivity index is -0.000000500. The molecule has 0 aromatic heterocycles. The van der Waals surface area contributed by atoms with Crippen LogP contribution in [0.5, 0.6) is 0 Å². The van der Waals surface area contributed by atoms with E-state index < -0.39 is 69.2 Å². The molecule has 12 nitrogen and oxygen atoms in total. The number of benzene rings is 2. The number of aromatic carboxylic acids is 6. The van der Waals surface area contributed by atoms with Crippen LogP contribution in [0.1, 0.15) is 62.1 Å². The molecule has 0 aliphatic heterocycles. The molecule has 0 atom stereocenters. The molecule has 15 heteroatoms. The molecular formula is C18H6Mn3O12. The molecule has 0 fully saturated rings. The smallest absolute Gasteiger partial charge is 0.545 e. The van der Waals surface area contributed by atoms with Gasteiger partial charge in [-0.25, -0.2) is 0 Å². The van der Waals surface area contributed by atoms with E-state index in [9.17, 15) is 59.4 Å². The maximum atomic E-state index is 10.5. The zero-order chi connectivity index (χ0) is 23.2. The fraction of sp³-hybridized carbons (Fsp3) is 0. The van der Waals surface area contributed by atoms with E-state index in [0.717, 1.165) is 24.3 Å². The molecule has 0 aliphatic carbocycles. The van der Waals surface area contributed by atoms with Gasteiger partial charge in [0.25, 0.3) is 0 Å². The Kier molecular flexibility index (Phi) is 15.4. The van der Waals surface area contributed by atoms with Crippen LogP contribution in [0, 0.1) is 0 Å². The monoisotopic (exact) mass is 579 g/mol. The van der Waals surface area contributed by atoms with E-state index in [0.29, 0.717) is 12.1 Å². The molecule has 0 amide bonds. The third kappa shape index (κ3) is 9.46. The molecule has 0 aliphatic rings. The van der Waals surface area contributed by atoms with Crippen molar-refractivity contribution in [2.75, 3.05) is 0 Å². The van der Waals surface area contributed by atoms with Crippen LogP contribution in [-0.4, -0.2) is 35.8 Å². The molecule has 0 unspecified atom stereocenters. The first-order valence-corrected chi connectivity index (χ1v) is 7.43. The second-order valence-corrected chi connectivity index (χ2v) is 5.25. The van der Waals surface area contributed by atoms with Crippen molar-refractivity contribution in [3.05, 3.63) is 69.8 Å². The van der Waals surface area contributed by atoms with Crippen LogP contribution in [0.4, 0.5) is 0 Å². The Labute approximate surface area is 215 Å². The maximum absolute atomic E-state index is 10.5. The maximum Gasteiger partial charge on any atom is 2.00 e. The number of hydrogen-bond donors (Lipinski definition) is 0. The van der Waals surface area contributed by atoms with Crippen LogP contribution < -0.4 is 30.6 Å². The van der Waals surface area contributed by atoms with Crippen LogP contribution >= 0.6 is 0 Å². The topological polar surface area (TPSA) is 241 Å². The van der Waals surface area contributed by atoms with Crippen LogP contribution in [0.15, 0.2) is 36.4 Å². The molecule has 0 spiro atoms. The van der Waals surface area contributed by atoms with Crippen LogP contribution in [0.2, 0.25) is 0 Å². The summed E-state index contributed by atoms with van der Waals surface area (Å²) in [6.07, 6.45) is 0. The summed E-state index contributed by atoms with van der Waals surface area (Å²) in [5.74, 6) is -10.3. The van der Waals surface area contributed by atoms with Gasteiger partial charge in [-0.2, -0.15) is 0 Å². The zero-order valence-corrected chi connectivity index (χ0v) is 19.0. The van der Waals surface area contributed by atoms with Gasteiger partial charge in [-0.05, 0) is 23.3 Å². The first kappa shape index (κ1) is 34.4. The average Bonchev–Trinajstić information content (AvgIpc) is 2.67. The molecular weight excluding hydrogens is 573 g/mol. The van der Waals surface area contributed by atoms with Gasteiger partial charge >= 0.3 is 51.2 Å². The molecule has 0 saturated heterocycles. The fourth-order valence-electron chi connectivity index (χ4n) is 2.04. The number of carbonyl (C=O) groups is 6. The number of carboxylic acid groups (broad SMARTS) is 6. The van der Waals surface area contributed by atoms with Crippen molar-refractivity contribution in [1.82, 2.24) is 0 Å². The largest absolute Gasteiger partial charge is 2.00 e. The van der Waals surface area contributed by atoms with E-state index in [1.54, 1.807) is 0 Å². The van der Waals surface area contributed by atoms with Gasteiger partial charge in [0.15, 0.2) is 0 Å². The Hall–Kier alpha value is -3.18. The summed E-state index contributed by atoms with van der Waals surface area (Å²) in [4.78, 5) is 62.6. The van der Waals surface area contributed by atoms with E-state index in [1.165, 1.54) is 0 Å². The van der Waals surface area contributed by atoms with Crippen molar-refractivity contribution in [2.45, 2.75) is 0 Å². The summed E-state index contributed by atoms with van der Waals surface area (Å²) in [6, 6.07) is 4.74. The molecule has 3 radical (unpaired) electrons. The predicted molar refractivity (Wildman–Crippen MR) is 78.9 cm³/mol. The standard InChI is InChI=1S/2C9H6O6.3Mn/c2*10-7(11)4-1-2-5(8(12)13)6(3-4)9(14)15;;;/h2*1-3H,(H,10,11)(H,12,13)(H,14,15);;;/q;;3*+2/p-6. The van der Waals surface area contributed by atoms with E-state index in [4.69, 9.17) is 0 Å². The van der Waals surface area contributed by atoms with Gasteiger partial charge in [0, 0.05) is 22.3 Å². The van der Waals surface area contributed by atoms with Gasteiger partial charge < -0.3 is 59.4 Å². The fourth-order valence-corrected chi connectivity index (χ4v) is 2.04. The minimum Gasteiger partial charge on any atom is -0.545 e. The Morgan fingerprint density at radius 3 is 0.818 bits per heavy atom. The van der Waals surface area contributed by atoms with Gasteiger partial charge in [-0.3, -0.25) is 0 Å². The summed E-state index contributed by atoms with van der Waals surface area (Å²) in [7, 11) is 0. The summed E-state index contributed by atoms with van der Waals surface area (Å²) in [5, 5.41) is 62.6. The Morgan fingerprint density at radius 2 is 0.636 bits per heavy atom. The quantitative estimate of drug-likeness (QED) is 0.290. The minimum absolute atomic E-state index is 0. The molecule has 2 aromatic rings. The first-order valence-electron chi connectivity index (χ1n) is 7.43. The van der Waals surface area contributed by atoms with Crippen LogP contribution in [0.3, 0.4) is 0 Å². The van der Waals surface area contributed by atoms with Crippen molar-refractivity contribution in [3.63, 3.8) is 0 Å². The van der Waals surface area contributed by atoms with Gasteiger partial charge in [0.2, 0.25) is 0 Å². The van der Waals surface area contributed by atoms with Crippen molar-refractivity contribution in [1.29, 1.82) is 0 Å². The average molecular weight is 579 g/mol. The molecule has 2 rings (SSSR count). The molecule has 171 valence electrons. The summed E-state index contributed by atoms with van der Waals surface area (Å²) >= 11 is 0. The molecule has 33 heavy (non-hydrogen) atoms. The third-order valence-corrected chi connectivity index (χ3v) is 3.39. The molecule has 2 aromatic carbocycles. The number of carbonyl (C=O) groups excluding carboxylic acids is 6.